The van der Waals surface area contributed by atoms with E-state index < -0.39 is 0 Å². The molecule has 2 aromatic rings. The van der Waals surface area contributed by atoms with Gasteiger partial charge in [-0.1, -0.05) is 12.1 Å². The Bertz CT molecular complexity index is 816. The van der Waals surface area contributed by atoms with Crippen LogP contribution in [0.3, 0.4) is 0 Å². The van der Waals surface area contributed by atoms with Crippen molar-refractivity contribution < 1.29 is 9.90 Å². The second-order valence-electron chi connectivity index (χ2n) is 7.67. The van der Waals surface area contributed by atoms with Gasteiger partial charge < -0.3 is 20.6 Å². The zero-order valence-electron chi connectivity index (χ0n) is 16.2. The molecule has 1 saturated heterocycles. The Morgan fingerprint density at radius 1 is 1.14 bits per heavy atom. The number of carbonyl (C=O) groups excluding carboxylic acids is 1. The number of benzene rings is 1. The van der Waals surface area contributed by atoms with Crippen molar-refractivity contribution in [3.8, 4) is 5.75 Å². The second kappa shape index (κ2) is 8.61. The van der Waals surface area contributed by atoms with Crippen LogP contribution in [-0.4, -0.2) is 35.6 Å². The first-order chi connectivity index (χ1) is 13.7. The van der Waals surface area contributed by atoms with Gasteiger partial charge in [0.25, 0.3) is 0 Å². The van der Waals surface area contributed by atoms with Gasteiger partial charge >= 0.3 is 0 Å². The van der Waals surface area contributed by atoms with Crippen molar-refractivity contribution in [2.24, 2.45) is 0 Å². The predicted molar refractivity (Wildman–Crippen MR) is 111 cm³/mol. The highest BCUT2D eigenvalue weighted by atomic mass is 16.3. The molecule has 1 aliphatic heterocycles. The first-order valence-corrected chi connectivity index (χ1v) is 10.3. The number of aromatic nitrogens is 1. The Balaban J connectivity index is 1.31. The van der Waals surface area contributed by atoms with Crippen LogP contribution in [0.2, 0.25) is 0 Å². The van der Waals surface area contributed by atoms with Gasteiger partial charge in [-0.3, -0.25) is 4.79 Å². The van der Waals surface area contributed by atoms with E-state index in [2.05, 4.69) is 20.5 Å². The summed E-state index contributed by atoms with van der Waals surface area (Å²) in [6.07, 6.45) is 8.32. The molecule has 0 unspecified atom stereocenters. The van der Waals surface area contributed by atoms with Crippen LogP contribution >= 0.6 is 0 Å². The summed E-state index contributed by atoms with van der Waals surface area (Å²) >= 11 is 0. The quantitative estimate of drug-likeness (QED) is 0.741. The third-order valence-corrected chi connectivity index (χ3v) is 5.70. The number of phenols is 1. The molecule has 1 atom stereocenters. The lowest BCUT2D eigenvalue weighted by Gasteiger charge is -2.27. The fraction of sp³-hybridized carbons (Fsp3) is 0.455. The van der Waals surface area contributed by atoms with E-state index in [0.717, 1.165) is 49.3 Å². The zero-order valence-corrected chi connectivity index (χ0v) is 16.2. The molecule has 148 valence electrons. The van der Waals surface area contributed by atoms with Crippen molar-refractivity contribution in [1.82, 2.24) is 10.3 Å². The summed E-state index contributed by atoms with van der Waals surface area (Å²) in [5.74, 6) is 1.25. The molecule has 0 bridgehead atoms. The van der Waals surface area contributed by atoms with E-state index in [-0.39, 0.29) is 18.5 Å². The van der Waals surface area contributed by atoms with Crippen molar-refractivity contribution in [3.05, 3.63) is 47.7 Å². The van der Waals surface area contributed by atoms with Crippen molar-refractivity contribution in [1.29, 1.82) is 0 Å². The minimum absolute atomic E-state index is 0.0835. The van der Waals surface area contributed by atoms with Crippen molar-refractivity contribution in [2.45, 2.75) is 44.6 Å². The Kier molecular flexibility index (Phi) is 5.76. The number of hydrogen-bond acceptors (Lipinski definition) is 5. The minimum Gasteiger partial charge on any atom is -0.508 e. The van der Waals surface area contributed by atoms with Crippen LogP contribution in [0.5, 0.6) is 5.75 Å². The normalized spacial score (nSPS) is 19.1. The summed E-state index contributed by atoms with van der Waals surface area (Å²) in [5, 5.41) is 16.3. The highest BCUT2D eigenvalue weighted by molar-refractivity contribution is 5.92. The number of rotatable bonds is 5. The topological polar surface area (TPSA) is 77.5 Å². The number of carbonyl (C=O) groups is 1. The maximum absolute atomic E-state index is 12.4. The maximum atomic E-state index is 12.4. The van der Waals surface area contributed by atoms with Gasteiger partial charge in [0, 0.05) is 19.1 Å². The Hall–Kier alpha value is -2.60. The lowest BCUT2D eigenvalue weighted by Crippen LogP contribution is -2.33. The van der Waals surface area contributed by atoms with E-state index in [9.17, 15) is 9.90 Å². The minimum atomic E-state index is -0.0835. The van der Waals surface area contributed by atoms with Crippen LogP contribution in [0.4, 0.5) is 11.5 Å². The van der Waals surface area contributed by atoms with Crippen LogP contribution in [0.15, 0.2) is 36.5 Å². The molecule has 2 heterocycles. The number of anilines is 2. The molecule has 1 aliphatic carbocycles. The largest absolute Gasteiger partial charge is 0.508 e. The summed E-state index contributed by atoms with van der Waals surface area (Å²) < 4.78 is 0. The molecule has 1 aromatic heterocycles. The first-order valence-electron chi connectivity index (χ1n) is 10.3. The van der Waals surface area contributed by atoms with Crippen molar-refractivity contribution in [3.63, 3.8) is 0 Å². The number of pyridine rings is 1. The lowest BCUT2D eigenvalue weighted by atomic mass is 9.87. The third kappa shape index (κ3) is 4.28. The number of phenolic OH excluding ortho intramolecular Hbond substituents is 1. The fourth-order valence-electron chi connectivity index (χ4n) is 4.23. The SMILES string of the molecule is O=C(CN[C@H]1CCCc2c(O)cccc21)Nc1ccc(N2CCCCC2)nc1. The molecule has 0 radical (unpaired) electrons. The van der Waals surface area contributed by atoms with Gasteiger partial charge in [0.15, 0.2) is 0 Å². The molecule has 2 aliphatic rings. The second-order valence-corrected chi connectivity index (χ2v) is 7.67. The summed E-state index contributed by atoms with van der Waals surface area (Å²) in [6.45, 7) is 2.34. The Labute approximate surface area is 166 Å². The van der Waals surface area contributed by atoms with Crippen LogP contribution in [0.1, 0.15) is 49.3 Å². The molecule has 6 nitrogen and oxygen atoms in total. The summed E-state index contributed by atoms with van der Waals surface area (Å²) in [6, 6.07) is 9.63. The average molecular weight is 380 g/mol. The van der Waals surface area contributed by atoms with E-state index >= 15 is 0 Å². The monoisotopic (exact) mass is 380 g/mol. The Morgan fingerprint density at radius 2 is 2.00 bits per heavy atom. The zero-order chi connectivity index (χ0) is 19.3. The van der Waals surface area contributed by atoms with Crippen LogP contribution in [0, 0.1) is 0 Å². The number of aromatic hydroxyl groups is 1. The highest BCUT2D eigenvalue weighted by Crippen LogP contribution is 2.34. The third-order valence-electron chi connectivity index (χ3n) is 5.70. The molecule has 6 heteroatoms. The van der Waals surface area contributed by atoms with E-state index in [4.69, 9.17) is 0 Å². The van der Waals surface area contributed by atoms with Gasteiger partial charge in [0.2, 0.25) is 5.91 Å². The van der Waals surface area contributed by atoms with Crippen LogP contribution in [0.25, 0.3) is 0 Å². The van der Waals surface area contributed by atoms with Gasteiger partial charge in [-0.2, -0.15) is 0 Å². The van der Waals surface area contributed by atoms with E-state index in [1.807, 2.05) is 24.3 Å². The maximum Gasteiger partial charge on any atom is 0.238 e. The number of nitrogens with zero attached hydrogens (tertiary/aromatic N) is 2. The number of fused-ring (bicyclic) bond motifs is 1. The molecule has 3 N–H and O–H groups in total. The predicted octanol–water partition coefficient (Wildman–Crippen LogP) is 3.38. The van der Waals surface area contributed by atoms with E-state index in [1.165, 1.54) is 19.3 Å². The molecule has 28 heavy (non-hydrogen) atoms. The molecule has 1 fully saturated rings. The number of amides is 1. The van der Waals surface area contributed by atoms with Gasteiger partial charge in [-0.25, -0.2) is 4.98 Å². The molecule has 1 aromatic carbocycles. The van der Waals surface area contributed by atoms with Gasteiger partial charge in [0.1, 0.15) is 11.6 Å². The molecule has 1 amide bonds. The standard InChI is InChI=1S/C22H28N4O2/c27-20-9-5-6-17-18(20)7-4-8-19(17)23-15-22(28)25-16-10-11-21(24-14-16)26-12-2-1-3-13-26/h5-6,9-11,14,19,23,27H,1-4,7-8,12-13,15H2,(H,25,28)/t19-/m0/s1. The number of hydrogen-bond donors (Lipinski definition) is 3. The molecule has 4 rings (SSSR count). The summed E-state index contributed by atoms with van der Waals surface area (Å²) in [5.41, 5.74) is 2.82. The molecule has 0 saturated carbocycles. The van der Waals surface area contributed by atoms with Gasteiger partial charge in [-0.05, 0) is 67.9 Å². The van der Waals surface area contributed by atoms with E-state index in [1.54, 1.807) is 12.3 Å². The van der Waals surface area contributed by atoms with Crippen LogP contribution in [-0.2, 0) is 11.2 Å². The number of nitrogens with one attached hydrogen (secondary N) is 2. The molecular weight excluding hydrogens is 352 g/mol. The molecular formula is C22H28N4O2. The first kappa shape index (κ1) is 18.7. The highest BCUT2D eigenvalue weighted by Gasteiger charge is 2.22. The Morgan fingerprint density at radius 3 is 2.79 bits per heavy atom. The van der Waals surface area contributed by atoms with Gasteiger partial charge in [-0.15, -0.1) is 0 Å². The summed E-state index contributed by atoms with van der Waals surface area (Å²) in [4.78, 5) is 19.2. The molecule has 0 spiro atoms. The fourth-order valence-corrected chi connectivity index (χ4v) is 4.23. The number of piperidine rings is 1. The van der Waals surface area contributed by atoms with Crippen LogP contribution < -0.4 is 15.5 Å². The van der Waals surface area contributed by atoms with Crippen molar-refractivity contribution >= 4 is 17.4 Å². The van der Waals surface area contributed by atoms with Gasteiger partial charge in [0.05, 0.1) is 18.4 Å². The average Bonchev–Trinajstić information content (AvgIpc) is 2.74. The lowest BCUT2D eigenvalue weighted by molar-refractivity contribution is -0.115. The summed E-state index contributed by atoms with van der Waals surface area (Å²) in [7, 11) is 0. The van der Waals surface area contributed by atoms with E-state index in [0.29, 0.717) is 11.4 Å². The van der Waals surface area contributed by atoms with Crippen molar-refractivity contribution in [2.75, 3.05) is 29.9 Å². The smallest absolute Gasteiger partial charge is 0.238 e.